The van der Waals surface area contributed by atoms with Crippen LogP contribution in [0.3, 0.4) is 0 Å². The second kappa shape index (κ2) is 4.97. The quantitative estimate of drug-likeness (QED) is 0.534. The third-order valence-electron chi connectivity index (χ3n) is 2.74. The number of anilines is 2. The van der Waals surface area contributed by atoms with Crippen LogP contribution in [0.15, 0.2) is 6.08 Å². The number of amides is 1. The van der Waals surface area contributed by atoms with Gasteiger partial charge in [0.05, 0.1) is 18.5 Å². The van der Waals surface area contributed by atoms with Gasteiger partial charge in [-0.15, -0.1) is 11.3 Å². The summed E-state index contributed by atoms with van der Waals surface area (Å²) in [5.74, 6) is -0.513. The van der Waals surface area contributed by atoms with Crippen molar-refractivity contribution in [2.45, 2.75) is 13.1 Å². The summed E-state index contributed by atoms with van der Waals surface area (Å²) in [5.41, 5.74) is 13.5. The standard InChI is InChI=1S/C11H16N4O2S/c1-5-4-6(14-2-3-16)15-11-7(5)8(12)9(18-11)10(13)17/h4,6,14-16H,2-3,12H2,1H3,(H2,13,17). The maximum atomic E-state index is 11.3. The van der Waals surface area contributed by atoms with Crippen LogP contribution in [0.5, 0.6) is 0 Å². The number of hydrogen-bond acceptors (Lipinski definition) is 6. The normalized spacial score (nSPS) is 17.9. The summed E-state index contributed by atoms with van der Waals surface area (Å²) < 4.78 is 0. The van der Waals surface area contributed by atoms with Crippen LogP contribution in [0.25, 0.3) is 5.57 Å². The fraction of sp³-hybridized carbons (Fsp3) is 0.364. The van der Waals surface area contributed by atoms with Crippen LogP contribution in [0.4, 0.5) is 10.7 Å². The Labute approximate surface area is 109 Å². The van der Waals surface area contributed by atoms with Crippen molar-refractivity contribution in [2.75, 3.05) is 24.2 Å². The number of aliphatic hydroxyl groups excluding tert-OH is 1. The van der Waals surface area contributed by atoms with Gasteiger partial charge >= 0.3 is 0 Å². The minimum absolute atomic E-state index is 0.0665. The molecule has 1 aliphatic heterocycles. The molecule has 0 radical (unpaired) electrons. The highest BCUT2D eigenvalue weighted by molar-refractivity contribution is 7.19. The zero-order valence-corrected chi connectivity index (χ0v) is 10.8. The molecule has 0 aliphatic carbocycles. The molecule has 6 nitrogen and oxygen atoms in total. The molecule has 0 aromatic carbocycles. The van der Waals surface area contributed by atoms with Crippen molar-refractivity contribution < 1.29 is 9.90 Å². The minimum atomic E-state index is -0.513. The number of carbonyl (C=O) groups excluding carboxylic acids is 1. The predicted octanol–water partition coefficient (Wildman–Crippen LogP) is 0.166. The van der Waals surface area contributed by atoms with Gasteiger partial charge in [-0.25, -0.2) is 0 Å². The van der Waals surface area contributed by atoms with Crippen LogP contribution >= 0.6 is 11.3 Å². The Morgan fingerprint density at radius 3 is 3.00 bits per heavy atom. The Morgan fingerprint density at radius 2 is 2.39 bits per heavy atom. The van der Waals surface area contributed by atoms with Gasteiger partial charge in [0.25, 0.3) is 5.91 Å². The van der Waals surface area contributed by atoms with Crippen molar-refractivity contribution in [3.05, 3.63) is 16.5 Å². The van der Waals surface area contributed by atoms with Gasteiger partial charge in [0, 0.05) is 12.1 Å². The molecule has 2 heterocycles. The lowest BCUT2D eigenvalue weighted by Gasteiger charge is -2.23. The highest BCUT2D eigenvalue weighted by atomic mass is 32.1. The monoisotopic (exact) mass is 268 g/mol. The molecule has 18 heavy (non-hydrogen) atoms. The van der Waals surface area contributed by atoms with Gasteiger partial charge in [-0.05, 0) is 18.6 Å². The molecule has 98 valence electrons. The topological polar surface area (TPSA) is 113 Å². The summed E-state index contributed by atoms with van der Waals surface area (Å²) in [6, 6.07) is 0. The molecular weight excluding hydrogens is 252 g/mol. The summed E-state index contributed by atoms with van der Waals surface area (Å²) in [5, 5.41) is 15.9. The van der Waals surface area contributed by atoms with Gasteiger partial charge in [0.2, 0.25) is 0 Å². The summed E-state index contributed by atoms with van der Waals surface area (Å²) in [7, 11) is 0. The van der Waals surface area contributed by atoms with E-state index in [4.69, 9.17) is 16.6 Å². The number of nitrogens with two attached hydrogens (primary N) is 2. The Hall–Kier alpha value is -1.57. The number of primary amides is 1. The Bertz CT molecular complexity index is 509. The maximum Gasteiger partial charge on any atom is 0.260 e. The van der Waals surface area contributed by atoms with E-state index in [2.05, 4.69) is 10.6 Å². The lowest BCUT2D eigenvalue weighted by Crippen LogP contribution is -2.37. The number of aliphatic hydroxyl groups is 1. The molecule has 1 atom stereocenters. The van der Waals surface area contributed by atoms with Crippen LogP contribution in [-0.4, -0.2) is 30.3 Å². The van der Waals surface area contributed by atoms with Crippen molar-refractivity contribution in [1.82, 2.24) is 5.32 Å². The van der Waals surface area contributed by atoms with Crippen molar-refractivity contribution in [1.29, 1.82) is 0 Å². The third-order valence-corrected chi connectivity index (χ3v) is 3.89. The number of hydrogen-bond donors (Lipinski definition) is 5. The molecule has 0 saturated heterocycles. The number of rotatable bonds is 4. The van der Waals surface area contributed by atoms with E-state index in [0.717, 1.165) is 16.1 Å². The first-order chi connectivity index (χ1) is 8.54. The van der Waals surface area contributed by atoms with Crippen LogP contribution in [0.2, 0.25) is 0 Å². The van der Waals surface area contributed by atoms with Gasteiger partial charge in [-0.2, -0.15) is 0 Å². The maximum absolute atomic E-state index is 11.3. The first-order valence-electron chi connectivity index (χ1n) is 5.56. The average Bonchev–Trinajstić information content (AvgIpc) is 2.64. The first kappa shape index (κ1) is 12.9. The second-order valence-corrected chi connectivity index (χ2v) is 5.08. The summed E-state index contributed by atoms with van der Waals surface area (Å²) in [4.78, 5) is 11.6. The number of thiophene rings is 1. The number of nitrogens with one attached hydrogen (secondary N) is 2. The molecule has 0 fully saturated rings. The highest BCUT2D eigenvalue weighted by Gasteiger charge is 2.25. The summed E-state index contributed by atoms with van der Waals surface area (Å²) in [6.07, 6.45) is 1.88. The van der Waals surface area contributed by atoms with E-state index in [1.54, 1.807) is 0 Å². The van der Waals surface area contributed by atoms with E-state index in [0.29, 0.717) is 17.1 Å². The molecule has 7 N–H and O–H groups in total. The number of carbonyl (C=O) groups is 1. The zero-order valence-electron chi connectivity index (χ0n) is 9.99. The molecule has 1 aromatic rings. The van der Waals surface area contributed by atoms with E-state index in [-0.39, 0.29) is 12.8 Å². The lowest BCUT2D eigenvalue weighted by molar-refractivity contribution is 0.100. The van der Waals surface area contributed by atoms with Crippen LogP contribution in [0.1, 0.15) is 22.2 Å². The molecule has 1 aliphatic rings. The van der Waals surface area contributed by atoms with Crippen LogP contribution in [-0.2, 0) is 0 Å². The lowest BCUT2D eigenvalue weighted by atomic mass is 10.0. The average molecular weight is 268 g/mol. The molecule has 1 unspecified atom stereocenters. The van der Waals surface area contributed by atoms with Crippen molar-refractivity contribution in [2.24, 2.45) is 5.73 Å². The van der Waals surface area contributed by atoms with Crippen LogP contribution < -0.4 is 22.1 Å². The van der Waals surface area contributed by atoms with Crippen molar-refractivity contribution in [3.8, 4) is 0 Å². The molecule has 1 aromatic heterocycles. The first-order valence-corrected chi connectivity index (χ1v) is 6.38. The van der Waals surface area contributed by atoms with E-state index in [1.165, 1.54) is 11.3 Å². The van der Waals surface area contributed by atoms with Gasteiger partial charge in [0.1, 0.15) is 9.88 Å². The largest absolute Gasteiger partial charge is 0.397 e. The molecule has 0 spiro atoms. The molecular formula is C11H16N4O2S. The van der Waals surface area contributed by atoms with E-state index in [9.17, 15) is 4.79 Å². The Kier molecular flexibility index (Phi) is 3.55. The number of nitrogen functional groups attached to an aromatic ring is 1. The third kappa shape index (κ3) is 2.20. The van der Waals surface area contributed by atoms with Crippen LogP contribution in [0, 0.1) is 0 Å². The number of fused-ring (bicyclic) bond motifs is 1. The van der Waals surface area contributed by atoms with Gasteiger partial charge in [-0.3, -0.25) is 10.1 Å². The summed E-state index contributed by atoms with van der Waals surface area (Å²) in [6.45, 7) is 2.48. The van der Waals surface area contributed by atoms with E-state index < -0.39 is 5.91 Å². The van der Waals surface area contributed by atoms with Gasteiger partial charge in [0.15, 0.2) is 0 Å². The van der Waals surface area contributed by atoms with Crippen molar-refractivity contribution >= 4 is 33.5 Å². The molecule has 0 bridgehead atoms. The molecule has 0 saturated carbocycles. The van der Waals surface area contributed by atoms with E-state index >= 15 is 0 Å². The number of allylic oxidation sites excluding steroid dienone is 1. The summed E-state index contributed by atoms with van der Waals surface area (Å²) >= 11 is 1.26. The highest BCUT2D eigenvalue weighted by Crippen LogP contribution is 2.42. The van der Waals surface area contributed by atoms with Gasteiger partial charge in [-0.1, -0.05) is 0 Å². The Balaban J connectivity index is 2.32. The van der Waals surface area contributed by atoms with Crippen molar-refractivity contribution in [3.63, 3.8) is 0 Å². The minimum Gasteiger partial charge on any atom is -0.397 e. The molecule has 1 amide bonds. The second-order valence-electron chi connectivity index (χ2n) is 4.06. The fourth-order valence-corrected chi connectivity index (χ4v) is 3.04. The predicted molar refractivity (Wildman–Crippen MR) is 73.4 cm³/mol. The smallest absolute Gasteiger partial charge is 0.260 e. The Morgan fingerprint density at radius 1 is 1.67 bits per heavy atom. The zero-order chi connectivity index (χ0) is 13.3. The molecule has 7 heteroatoms. The van der Waals surface area contributed by atoms with Gasteiger partial charge < -0.3 is 21.9 Å². The SMILES string of the molecule is CC1=CC(NCCO)Nc2sc(C(N)=O)c(N)c21. The fourth-order valence-electron chi connectivity index (χ4n) is 1.97. The molecule has 2 rings (SSSR count). The van der Waals surface area contributed by atoms with E-state index in [1.807, 2.05) is 13.0 Å².